The van der Waals surface area contributed by atoms with E-state index in [1.165, 1.54) is 80.4 Å². The minimum Gasteiger partial charge on any atom is -0.508 e. The first-order chi connectivity index (χ1) is 61.7. The lowest BCUT2D eigenvalue weighted by Gasteiger charge is -2.36. The first-order valence-electron chi connectivity index (χ1n) is 43.7. The number of thiophene rings is 1. The van der Waals surface area contributed by atoms with Crippen molar-refractivity contribution in [3.05, 3.63) is 101 Å². The van der Waals surface area contributed by atoms with E-state index < -0.39 is 247 Å². The first kappa shape index (κ1) is 103. The lowest BCUT2D eigenvalue weighted by Crippen LogP contribution is -2.61. The molecule has 15 atom stereocenters. The van der Waals surface area contributed by atoms with Crippen molar-refractivity contribution >= 4 is 150 Å². The van der Waals surface area contributed by atoms with Gasteiger partial charge in [0.15, 0.2) is 0 Å². The molecule has 0 bridgehead atoms. The van der Waals surface area contributed by atoms with Gasteiger partial charge in [0, 0.05) is 93.9 Å². The van der Waals surface area contributed by atoms with Gasteiger partial charge in [-0.1, -0.05) is 102 Å². The number of para-hydroxylation sites is 1. The predicted molar refractivity (Wildman–Crippen MR) is 481 cm³/mol. The molecule has 5 heterocycles. The molecule has 3 saturated heterocycles. The summed E-state index contributed by atoms with van der Waals surface area (Å²) in [5.41, 5.74) is 19.5. The number of aromatic nitrogens is 1. The maximum absolute atomic E-state index is 15.8. The number of unbranched alkanes of at least 4 members (excludes halogenated alkanes) is 2. The predicted octanol–water partition coefficient (Wildman–Crippen LogP) is -1.18. The number of aliphatic hydroxyl groups excluding tert-OH is 1. The van der Waals surface area contributed by atoms with E-state index in [2.05, 4.69) is 58.2 Å². The summed E-state index contributed by atoms with van der Waals surface area (Å²) in [6, 6.07) is -1.53. The van der Waals surface area contributed by atoms with Gasteiger partial charge in [-0.15, -0.1) is 23.1 Å². The molecule has 42 heteroatoms. The minimum absolute atomic E-state index is 0.0295. The second-order valence-electron chi connectivity index (χ2n) is 33.6. The number of amides is 17. The van der Waals surface area contributed by atoms with E-state index in [0.29, 0.717) is 53.3 Å². The van der Waals surface area contributed by atoms with E-state index in [0.717, 1.165) is 36.5 Å². The third-order valence-electron chi connectivity index (χ3n) is 23.3. The van der Waals surface area contributed by atoms with Crippen molar-refractivity contribution in [2.24, 2.45) is 23.1 Å². The van der Waals surface area contributed by atoms with Gasteiger partial charge in [-0.25, -0.2) is 0 Å². The van der Waals surface area contributed by atoms with E-state index in [-0.39, 0.29) is 82.5 Å². The number of carboxylic acid groups (broad SMARTS) is 1. The fraction of sp³-hybridized carbons (Fsp3) is 0.545. The van der Waals surface area contributed by atoms with Crippen LogP contribution in [0.15, 0.2) is 84.4 Å². The van der Waals surface area contributed by atoms with Gasteiger partial charge in [0.05, 0.1) is 24.8 Å². The number of phenolic OH excluding ortho intramolecular Hbond substituents is 1. The zero-order valence-corrected chi connectivity index (χ0v) is 76.2. The summed E-state index contributed by atoms with van der Waals surface area (Å²) >= 11 is 2.16. The van der Waals surface area contributed by atoms with Crippen molar-refractivity contribution < 1.29 is 102 Å². The Bertz CT molecular complexity index is 4910. The number of carbonyl (C=O) groups is 18. The Labute approximate surface area is 761 Å². The lowest BCUT2D eigenvalue weighted by atomic mass is 9.99. The number of rotatable bonds is 24. The van der Waals surface area contributed by atoms with Crippen LogP contribution >= 0.6 is 23.1 Å². The molecule has 3 aromatic carbocycles. The zero-order chi connectivity index (χ0) is 95.5. The molecule has 3 fully saturated rings. The number of likely N-dealkylation sites (N-methyl/N-ethyl adjacent to an activating group) is 3. The Morgan fingerprint density at radius 3 is 1.80 bits per heavy atom. The number of aliphatic carboxylic acids is 1. The number of phenols is 1. The Morgan fingerprint density at radius 1 is 0.562 bits per heavy atom. The van der Waals surface area contributed by atoms with Crippen LogP contribution < -0.4 is 70.4 Å². The van der Waals surface area contributed by atoms with Crippen LogP contribution in [0, 0.1) is 5.92 Å². The number of benzene rings is 3. The molecule has 17 amide bonds. The van der Waals surface area contributed by atoms with Gasteiger partial charge in [0.2, 0.25) is 100 Å². The molecule has 0 radical (unpaired) electrons. The average Bonchev–Trinajstić information content (AvgIpc) is 1.77. The summed E-state index contributed by atoms with van der Waals surface area (Å²) in [4.78, 5) is 269. The number of carbonyl (C=O) groups excluding carboxylic acids is 17. The molecule has 708 valence electrons. The van der Waals surface area contributed by atoms with E-state index in [4.69, 9.17) is 17.2 Å². The Hall–Kier alpha value is -12.3. The fourth-order valence-electron chi connectivity index (χ4n) is 16.0. The van der Waals surface area contributed by atoms with Crippen LogP contribution in [-0.2, 0) is 106 Å². The molecule has 0 saturated carbocycles. The molecule has 3 aliphatic heterocycles. The highest BCUT2D eigenvalue weighted by atomic mass is 32.2. The summed E-state index contributed by atoms with van der Waals surface area (Å²) in [6.07, 6.45) is -1.50. The number of carboxylic acids is 1. The van der Waals surface area contributed by atoms with Crippen LogP contribution in [0.2, 0.25) is 0 Å². The number of aromatic hydroxyl groups is 1. The summed E-state index contributed by atoms with van der Waals surface area (Å²) in [5, 5.41) is 60.9. The Kier molecular flexibility index (Phi) is 38.8. The van der Waals surface area contributed by atoms with Crippen molar-refractivity contribution in [2.75, 3.05) is 58.8 Å². The SMILES string of the molecule is CCCC[C@H]1C(=O)N(C)[C@@H](CCCC)C(=O)N[C@@H](CC(C)C)C(=O)N[C@H](C(=O)NCC(N)=O)CSCC(=O)N[C@@H](Cc2ccc(O)cc2)C(=O)N(C)[C@@H](C)C(=O)N[C@@H](CC(N)=O)C(=O)N2CCC[C@H]2C(=O)N[C@H](C)C(=O)N[C@@H](CCC(=O)O)C(=O)N2C[C@H](O)C[C@H]2C(=O)N[C@@H](Cc2c[nH]c3ccccc23)C(=O)N[C@@H](CCN)C(=O)N[C@@H](Cc2csc3ccccc23)C(=O)N1C. The van der Waals surface area contributed by atoms with Crippen LogP contribution in [0.1, 0.15) is 148 Å². The van der Waals surface area contributed by atoms with Crippen LogP contribution in [-0.4, -0.2) is 301 Å². The minimum atomic E-state index is -1.78. The monoisotopic (exact) mass is 1850 g/mol. The highest BCUT2D eigenvalue weighted by Crippen LogP contribution is 2.30. The number of nitrogens with one attached hydrogen (secondary N) is 11. The second kappa shape index (κ2) is 48.9. The van der Waals surface area contributed by atoms with Gasteiger partial charge >= 0.3 is 5.97 Å². The molecule has 40 nitrogen and oxygen atoms in total. The van der Waals surface area contributed by atoms with E-state index in [1.807, 2.05) is 37.4 Å². The molecule has 8 rings (SSSR count). The summed E-state index contributed by atoms with van der Waals surface area (Å²) < 4.78 is 0.835. The summed E-state index contributed by atoms with van der Waals surface area (Å²) in [7, 11) is 3.98. The second-order valence-corrected chi connectivity index (χ2v) is 35.5. The van der Waals surface area contributed by atoms with Crippen molar-refractivity contribution in [3.63, 3.8) is 0 Å². The molecule has 0 unspecified atom stereocenters. The van der Waals surface area contributed by atoms with Gasteiger partial charge in [0.25, 0.3) is 0 Å². The number of hydrogen-bond donors (Lipinski definition) is 17. The van der Waals surface area contributed by atoms with Crippen molar-refractivity contribution in [3.8, 4) is 5.75 Å². The fourth-order valence-corrected chi connectivity index (χ4v) is 17.8. The first-order valence-corrected chi connectivity index (χ1v) is 45.7. The number of aromatic amines is 1. The van der Waals surface area contributed by atoms with Gasteiger partial charge in [-0.2, -0.15) is 0 Å². The molecule has 3 aliphatic rings. The number of nitrogens with zero attached hydrogens (tertiary/aromatic N) is 5. The van der Waals surface area contributed by atoms with Gasteiger partial charge < -0.3 is 115 Å². The molecule has 20 N–H and O–H groups in total. The third kappa shape index (κ3) is 28.6. The van der Waals surface area contributed by atoms with Crippen LogP contribution in [0.5, 0.6) is 5.75 Å². The van der Waals surface area contributed by atoms with Crippen molar-refractivity contribution in [1.82, 2.24) is 82.7 Å². The molecule has 0 spiro atoms. The number of H-pyrrole nitrogens is 1. The van der Waals surface area contributed by atoms with Crippen LogP contribution in [0.3, 0.4) is 0 Å². The maximum atomic E-state index is 15.8. The number of thioether (sulfide) groups is 1. The third-order valence-corrected chi connectivity index (χ3v) is 25.3. The molecule has 0 aliphatic carbocycles. The smallest absolute Gasteiger partial charge is 0.303 e. The highest BCUT2D eigenvalue weighted by molar-refractivity contribution is 8.00. The number of hydrogen-bond acceptors (Lipinski definition) is 23. The van der Waals surface area contributed by atoms with Crippen LogP contribution in [0.25, 0.3) is 21.0 Å². The number of fused-ring (bicyclic) bond motifs is 4. The zero-order valence-electron chi connectivity index (χ0n) is 74.6. The molecular formula is C88H123N19O21S2. The van der Waals surface area contributed by atoms with Gasteiger partial charge in [-0.3, -0.25) is 86.3 Å². The van der Waals surface area contributed by atoms with Crippen molar-refractivity contribution in [2.45, 2.75) is 241 Å². The molecule has 2 aromatic heterocycles. The Balaban J connectivity index is 1.18. The summed E-state index contributed by atoms with van der Waals surface area (Å²) in [6.45, 7) is 8.11. The van der Waals surface area contributed by atoms with Crippen LogP contribution in [0.4, 0.5) is 0 Å². The number of aliphatic hydroxyl groups is 1. The molecule has 5 aromatic rings. The Morgan fingerprint density at radius 2 is 1.14 bits per heavy atom. The van der Waals surface area contributed by atoms with E-state index >= 15 is 33.6 Å². The van der Waals surface area contributed by atoms with E-state index in [9.17, 15) is 68.1 Å². The van der Waals surface area contributed by atoms with Crippen molar-refractivity contribution in [1.29, 1.82) is 0 Å². The lowest BCUT2D eigenvalue weighted by molar-refractivity contribution is -0.149. The maximum Gasteiger partial charge on any atom is 0.303 e. The highest BCUT2D eigenvalue weighted by Gasteiger charge is 2.46. The van der Waals surface area contributed by atoms with E-state index in [1.54, 1.807) is 50.4 Å². The normalized spacial score (nSPS) is 25.3. The summed E-state index contributed by atoms with van der Waals surface area (Å²) in [5.74, 6) is -18.7. The largest absolute Gasteiger partial charge is 0.508 e. The number of nitrogens with two attached hydrogens (primary N) is 3. The van der Waals surface area contributed by atoms with Gasteiger partial charge in [0.1, 0.15) is 90.3 Å². The number of primary amides is 2. The average molecular weight is 1850 g/mol. The molecule has 130 heavy (non-hydrogen) atoms. The topological polar surface area (TPSA) is 598 Å². The molecular weight excluding hydrogens is 1720 g/mol. The van der Waals surface area contributed by atoms with Gasteiger partial charge in [-0.05, 0) is 123 Å². The quantitative estimate of drug-likeness (QED) is 0.0346. The standard InChI is InChI=1S/C88H123N19O21S2/c1-10-12-22-66-81(121)98-60(35-47(3)4)79(119)102-65(77(117)93-42-72(91)111)45-129-46-73(112)95-62(36-50-26-28-53(108)29-27-50)84(124)103(7)49(6)76(116)100-64(40-71(90)110)87(127)106-34-18-24-67(106)82(122)94-48(5)75(115)97-59(30-31-74(113)114)86(126)107-43-54(109)39-69(107)83(123)99-61(37-51-41-92-57-21-16-14-19-55(51)57)80(120)96-58(32-33-89)78(118)101-63(38-52-44-130-70-25-17-15-20-56(52)70)85(125)105(9)68(23-13-11-2)88(128)104(66)8/h14-17,19-21,25-29,41,44,47-49,54,58-69,92,108-109H,10-13,18,22-24,30-40,42-43,45-46,89H2,1-9H3,(H2,90,110)(H2,91,111)(H,93,117)(H,94,122)(H,95,112)(H,96,120)(H,97,115)(H,98,121)(H,99,123)(H,100,116)(H,101,118)(H,102,119)(H,113,114)/t48-,49+,54-,58+,59+,60+,61+,62+,63+,64+,65+,66+,67+,68+,69+/m1/s1.